The van der Waals surface area contributed by atoms with Gasteiger partial charge in [0.1, 0.15) is 0 Å². The molecule has 0 fully saturated rings. The van der Waals surface area contributed by atoms with Gasteiger partial charge < -0.3 is 0 Å². The van der Waals surface area contributed by atoms with Crippen LogP contribution in [0.4, 0.5) is 5.69 Å². The van der Waals surface area contributed by atoms with Crippen molar-refractivity contribution in [3.05, 3.63) is 71.0 Å². The van der Waals surface area contributed by atoms with E-state index in [-0.39, 0.29) is 0 Å². The van der Waals surface area contributed by atoms with Gasteiger partial charge in [-0.2, -0.15) is 0 Å². The third-order valence-electron chi connectivity index (χ3n) is 4.51. The van der Waals surface area contributed by atoms with Crippen LogP contribution >= 0.6 is 0 Å². The normalized spacial score (nSPS) is 15.2. The molecule has 120 valence electrons. The number of aryl methyl sites for hydroxylation is 1. The predicted octanol–water partition coefficient (Wildman–Crippen LogP) is 3.32. The van der Waals surface area contributed by atoms with E-state index in [1.165, 1.54) is 31.3 Å². The summed E-state index contributed by atoms with van der Waals surface area (Å²) in [5.74, 6) is 0. The summed E-state index contributed by atoms with van der Waals surface area (Å²) in [5.41, 5.74) is 3.98. The molecule has 0 saturated carbocycles. The van der Waals surface area contributed by atoms with Crippen molar-refractivity contribution in [2.24, 2.45) is 0 Å². The first-order valence-electron chi connectivity index (χ1n) is 8.49. The van der Waals surface area contributed by atoms with E-state index >= 15 is 0 Å². The van der Waals surface area contributed by atoms with Crippen molar-refractivity contribution in [1.29, 1.82) is 0 Å². The molecule has 0 unspecified atom stereocenters. The maximum atomic E-state index is 2.46. The molecule has 0 radical (unpaired) electrons. The van der Waals surface area contributed by atoms with E-state index in [1.54, 1.807) is 0 Å². The number of benzene rings is 2. The minimum atomic E-state index is 0.379. The van der Waals surface area contributed by atoms with Crippen molar-refractivity contribution in [3.8, 4) is 0 Å². The fourth-order valence-electron chi connectivity index (χ4n) is 3.37. The van der Waals surface area contributed by atoms with Crippen LogP contribution in [-0.2, 0) is 6.54 Å². The van der Waals surface area contributed by atoms with Crippen molar-refractivity contribution in [2.45, 2.75) is 20.4 Å². The second-order valence-electron chi connectivity index (χ2n) is 5.86. The van der Waals surface area contributed by atoms with Gasteiger partial charge in [-0.1, -0.05) is 0 Å². The van der Waals surface area contributed by atoms with Crippen LogP contribution in [0.3, 0.4) is 0 Å². The second kappa shape index (κ2) is 6.43. The summed E-state index contributed by atoms with van der Waals surface area (Å²) in [6, 6.07) is 21.9. The molecule has 0 saturated heterocycles. The van der Waals surface area contributed by atoms with E-state index < -0.39 is 0 Å². The van der Waals surface area contributed by atoms with Gasteiger partial charge in [0.15, 0.2) is 0 Å². The maximum absolute atomic E-state index is 2.46. The predicted molar refractivity (Wildman–Crippen MR) is 103 cm³/mol. The number of hydrogen-bond acceptors (Lipinski definition) is 1. The number of nitrogens with zero attached hydrogens (tertiary/aromatic N) is 2. The molecule has 2 nitrogen and oxygen atoms in total. The van der Waals surface area contributed by atoms with Crippen molar-refractivity contribution < 1.29 is 4.57 Å². The third-order valence-corrected chi connectivity index (χ3v) is 6.85. The zero-order chi connectivity index (χ0) is 16.5. The molecule has 1 aromatic heterocycles. The molecule has 2 heterocycles. The Morgan fingerprint density at radius 2 is 1.75 bits per heavy atom. The van der Waals surface area contributed by atoms with E-state index in [2.05, 4.69) is 90.1 Å². The van der Waals surface area contributed by atoms with Gasteiger partial charge in [-0.25, -0.2) is 0 Å². The molecule has 1 aliphatic heterocycles. The fraction of sp³-hybridized carbons (Fsp3) is 0.190. The van der Waals surface area contributed by atoms with Crippen LogP contribution < -0.4 is 13.9 Å². The molecule has 24 heavy (non-hydrogen) atoms. The van der Waals surface area contributed by atoms with Gasteiger partial charge in [-0.15, -0.1) is 0 Å². The fourth-order valence-corrected chi connectivity index (χ4v) is 5.83. The van der Waals surface area contributed by atoms with Gasteiger partial charge in [0, 0.05) is 0 Å². The van der Waals surface area contributed by atoms with Crippen LogP contribution in [0.25, 0.3) is 17.0 Å². The van der Waals surface area contributed by atoms with Gasteiger partial charge in [0.25, 0.3) is 0 Å². The number of hydrogen-bond donors (Lipinski definition) is 0. The summed E-state index contributed by atoms with van der Waals surface area (Å²) >= 11 is 0.379. The molecular weight excluding hydrogens is 359 g/mol. The van der Waals surface area contributed by atoms with E-state index in [0.717, 1.165) is 13.1 Å². The number of pyridine rings is 1. The summed E-state index contributed by atoms with van der Waals surface area (Å²) in [6.07, 6.45) is 2.39. The molecule has 0 atom stereocenters. The molecule has 1 aliphatic rings. The average molecular weight is 380 g/mol. The molecule has 0 bridgehead atoms. The van der Waals surface area contributed by atoms with Crippen LogP contribution in [0.1, 0.15) is 19.5 Å². The number of fused-ring (bicyclic) bond motifs is 2. The molecule has 4 rings (SSSR count). The molecule has 3 heteroatoms. The topological polar surface area (TPSA) is 7.12 Å². The van der Waals surface area contributed by atoms with Gasteiger partial charge in [-0.3, -0.25) is 0 Å². The standard InChI is InChI=1S/C21H21N2Se/c1-3-22-17(14-13-16-9-5-6-10-18(16)22)15-21-23(4-2)19-11-7-8-12-20(19)24-21/h5-15H,3-4H2,1-2H3/q+1. The third kappa shape index (κ3) is 2.54. The Balaban J connectivity index is 1.83. The Morgan fingerprint density at radius 1 is 0.958 bits per heavy atom. The van der Waals surface area contributed by atoms with Gasteiger partial charge >= 0.3 is 149 Å². The molecule has 0 spiro atoms. The Hall–Kier alpha value is -2.09. The average Bonchev–Trinajstić information content (AvgIpc) is 2.98. The Kier molecular flexibility index (Phi) is 4.13. The first kappa shape index (κ1) is 15.4. The first-order valence-corrected chi connectivity index (χ1v) is 10.2. The Bertz CT molecular complexity index is 930. The zero-order valence-electron chi connectivity index (χ0n) is 14.1. The molecule has 0 amide bonds. The first-order chi connectivity index (χ1) is 11.8. The Labute approximate surface area is 149 Å². The van der Waals surface area contributed by atoms with E-state index in [4.69, 9.17) is 0 Å². The van der Waals surface area contributed by atoms with Crippen LogP contribution in [0.2, 0.25) is 0 Å². The van der Waals surface area contributed by atoms with Crippen molar-refractivity contribution in [2.75, 3.05) is 11.4 Å². The number of anilines is 1. The summed E-state index contributed by atoms with van der Waals surface area (Å²) in [4.78, 5) is 2.46. The Morgan fingerprint density at radius 3 is 2.58 bits per heavy atom. The van der Waals surface area contributed by atoms with Gasteiger partial charge in [0.2, 0.25) is 0 Å². The van der Waals surface area contributed by atoms with Crippen LogP contribution in [-0.4, -0.2) is 21.5 Å². The molecule has 0 aliphatic carbocycles. The summed E-state index contributed by atoms with van der Waals surface area (Å²) in [5, 5.41) is 1.30. The number of para-hydroxylation sites is 2. The van der Waals surface area contributed by atoms with Crippen LogP contribution in [0.5, 0.6) is 0 Å². The quantitative estimate of drug-likeness (QED) is 0.500. The van der Waals surface area contributed by atoms with E-state index in [0.29, 0.717) is 15.0 Å². The molecule has 2 aromatic carbocycles. The van der Waals surface area contributed by atoms with E-state index in [9.17, 15) is 0 Å². The molecule has 3 aromatic rings. The van der Waals surface area contributed by atoms with Gasteiger partial charge in [-0.05, 0) is 0 Å². The summed E-state index contributed by atoms with van der Waals surface area (Å²) in [7, 11) is 0. The van der Waals surface area contributed by atoms with E-state index in [1.807, 2.05) is 0 Å². The zero-order valence-corrected chi connectivity index (χ0v) is 15.8. The molecule has 0 N–H and O–H groups in total. The van der Waals surface area contributed by atoms with Crippen LogP contribution in [0, 0.1) is 0 Å². The number of aromatic nitrogens is 1. The molecular formula is C21H21N2Se+. The van der Waals surface area contributed by atoms with Gasteiger partial charge in [0.05, 0.1) is 0 Å². The summed E-state index contributed by atoms with van der Waals surface area (Å²) < 4.78 is 5.35. The SMILES string of the molecule is CCN1/C(=C\c2ccc3ccccc3[n+]2CC)[Se]c2ccccc21. The van der Waals surface area contributed by atoms with Crippen molar-refractivity contribution in [1.82, 2.24) is 0 Å². The minimum absolute atomic E-state index is 0.379. The second-order valence-corrected chi connectivity index (χ2v) is 8.09. The monoisotopic (exact) mass is 381 g/mol. The van der Waals surface area contributed by atoms with Crippen molar-refractivity contribution in [3.63, 3.8) is 0 Å². The van der Waals surface area contributed by atoms with Crippen LogP contribution in [0.15, 0.2) is 65.3 Å². The van der Waals surface area contributed by atoms with Crippen molar-refractivity contribution >= 4 is 42.1 Å². The number of rotatable bonds is 3. The summed E-state index contributed by atoms with van der Waals surface area (Å²) in [6.45, 7) is 6.46.